The van der Waals surface area contributed by atoms with Crippen LogP contribution in [-0.4, -0.2) is 230 Å². The Labute approximate surface area is 810 Å². The van der Waals surface area contributed by atoms with Gasteiger partial charge in [-0.2, -0.15) is 21.0 Å². The van der Waals surface area contributed by atoms with Crippen molar-refractivity contribution in [3.63, 3.8) is 0 Å². The Morgan fingerprint density at radius 2 is 0.750 bits per heavy atom. The average Bonchev–Trinajstić information content (AvgIpc) is 0.797. The quantitative estimate of drug-likeness (QED) is 0.0336. The Bertz CT molecular complexity index is 6360. The third-order valence-corrected chi connectivity index (χ3v) is 24.9. The monoisotopic (exact) mass is 1890 g/mol. The molecule has 8 fully saturated rings. The molecular formula is C105H107F2N21O12. The zero-order valence-corrected chi connectivity index (χ0v) is 77.7. The van der Waals surface area contributed by atoms with Gasteiger partial charge in [0.1, 0.15) is 101 Å². The van der Waals surface area contributed by atoms with Gasteiger partial charge in [0.25, 0.3) is 5.91 Å². The van der Waals surface area contributed by atoms with E-state index >= 15 is 8.78 Å². The Balaban J connectivity index is 0.000000129. The van der Waals surface area contributed by atoms with Crippen LogP contribution in [0.5, 0.6) is 28.9 Å². The summed E-state index contributed by atoms with van der Waals surface area (Å²) in [5.74, 6) is 6.27. The number of hydrogen-bond acceptors (Lipinski definition) is 32. The number of rotatable bonds is 26. The molecule has 0 atom stereocenters. The van der Waals surface area contributed by atoms with E-state index in [4.69, 9.17) is 52.1 Å². The number of ether oxygens (including phenoxy) is 11. The molecule has 0 spiro atoms. The summed E-state index contributed by atoms with van der Waals surface area (Å²) < 4.78 is 91.3. The van der Waals surface area contributed by atoms with Gasteiger partial charge in [0.15, 0.2) is 34.9 Å². The number of halogens is 2. The molecule has 33 nitrogen and oxygen atoms in total. The molecular weight excluding hydrogens is 1790 g/mol. The maximum absolute atomic E-state index is 15.1. The minimum atomic E-state index is -0.629. The number of hydrogen-bond donors (Lipinski definition) is 5. The summed E-state index contributed by atoms with van der Waals surface area (Å²) in [6.07, 6.45) is 17.4. The standard InChI is InChI=1S/C29H30F2N6O3.C28H31N5O2.C26H25N5O4.C22H21N5O3/c30-24-14-21(15-25(31)28(24)37-9-7-36(8-10-37)22-17-39-18-22)34-27-3-6-33-29(35-27)19-1-2-26(20(13-19)16-32)40-23-4-11-38-12-5-23;1-33-14-9-21(10-15-33)20-2-5-24(6-3-20)31-27-8-13-30-28(32-27)22-4-7-26(23(18-22)19-29)35-25-11-16-34-17-12-25;27-14-19-13-18(3-6-23(19)35-22-8-11-33-12-9-22)25-28-10-7-24(31-25)29-20-4-1-17(2-5-20)26(32)30-21-15-34-16-21;1-28-21-5-3-17(14-25-21)26-20-6-9-24-22(27-20)15-2-4-19(16(12-15)13-23)30-18-7-10-29-11-8-18/h1-3,6,13-15,22-23H,4-5,7-12,17-18H2,(H,33,34,35);2-8,13,18,21,25H,9-12,14-17H2,1H3,(H,30,31,32);1-7,10,13,21-22H,8-9,11-12,15-16H2,(H,30,32)(H,28,29,31);2-6,9,12,14,18H,7-8,10-11H2,1H3,(H,24,26,27). The molecule has 5 aromatic heterocycles. The molecule has 0 unspecified atom stereocenters. The summed E-state index contributed by atoms with van der Waals surface area (Å²) in [4.78, 5) is 58.7. The summed E-state index contributed by atoms with van der Waals surface area (Å²) in [6, 6.07) is 60.0. The number of nitrogens with one attached hydrogen (secondary N) is 5. The Kier molecular flexibility index (Phi) is 33.0. The lowest BCUT2D eigenvalue weighted by atomic mass is 9.89. The van der Waals surface area contributed by atoms with Crippen LogP contribution >= 0.6 is 0 Å². The minimum absolute atomic E-state index is 0.00877. The Morgan fingerprint density at radius 3 is 1.09 bits per heavy atom. The number of carbonyl (C=O) groups is 1. The van der Waals surface area contributed by atoms with E-state index in [1.165, 1.54) is 30.5 Å². The molecule has 7 aromatic carbocycles. The van der Waals surface area contributed by atoms with Crippen LogP contribution in [0.25, 0.3) is 45.6 Å². The minimum Gasteiger partial charge on any atom is -0.489 e. The van der Waals surface area contributed by atoms with Crippen LogP contribution in [0.15, 0.2) is 201 Å². The maximum Gasteiger partial charge on any atom is 0.251 e. The van der Waals surface area contributed by atoms with E-state index in [1.54, 1.807) is 128 Å². The van der Waals surface area contributed by atoms with Gasteiger partial charge in [0.2, 0.25) is 5.88 Å². The normalized spacial score (nSPS) is 16.8. The second-order valence-electron chi connectivity index (χ2n) is 34.6. The number of benzene rings is 7. The number of nitrogens with zero attached hydrogens (tertiary/aromatic N) is 16. The molecule has 0 aliphatic carbocycles. The molecule has 1 amide bonds. The summed E-state index contributed by atoms with van der Waals surface area (Å²) in [5, 5.41) is 54.3. The van der Waals surface area contributed by atoms with Crippen LogP contribution in [-0.2, 0) is 28.4 Å². The molecule has 8 aliphatic heterocycles. The molecule has 8 saturated heterocycles. The van der Waals surface area contributed by atoms with Gasteiger partial charge in [0.05, 0.1) is 133 Å². The highest BCUT2D eigenvalue weighted by Gasteiger charge is 2.32. The number of methoxy groups -OCH3 is 1. The van der Waals surface area contributed by atoms with Gasteiger partial charge in [-0.1, -0.05) is 12.1 Å². The number of aromatic nitrogens is 9. The fraction of sp³-hybridized carbons (Fsp3) is 0.352. The number of amides is 1. The number of piperidine rings is 1. The molecule has 718 valence electrons. The van der Waals surface area contributed by atoms with Gasteiger partial charge in [-0.3, -0.25) is 9.69 Å². The number of piperazine rings is 1. The molecule has 20 rings (SSSR count). The average molecular weight is 1890 g/mol. The van der Waals surface area contributed by atoms with E-state index in [1.807, 2.05) is 48.5 Å². The van der Waals surface area contributed by atoms with Crippen molar-refractivity contribution in [2.75, 3.05) is 159 Å². The predicted octanol–water partition coefficient (Wildman–Crippen LogP) is 16.4. The summed E-state index contributed by atoms with van der Waals surface area (Å²) in [6.45, 7) is 12.8. The third-order valence-electron chi connectivity index (χ3n) is 24.9. The van der Waals surface area contributed by atoms with Gasteiger partial charge in [-0.25, -0.2) is 53.6 Å². The van der Waals surface area contributed by atoms with E-state index < -0.39 is 11.6 Å². The van der Waals surface area contributed by atoms with Crippen molar-refractivity contribution in [3.05, 3.63) is 246 Å². The fourth-order valence-corrected chi connectivity index (χ4v) is 16.9. The van der Waals surface area contributed by atoms with Gasteiger partial charge in [-0.05, 0) is 196 Å². The van der Waals surface area contributed by atoms with Gasteiger partial charge < -0.3 is 88.5 Å². The number of likely N-dealkylation sites (tertiary alicyclic amines) is 1. The highest BCUT2D eigenvalue weighted by molar-refractivity contribution is 5.95. The molecule has 0 radical (unpaired) electrons. The number of anilines is 9. The van der Waals surface area contributed by atoms with Crippen molar-refractivity contribution >= 4 is 57.6 Å². The van der Waals surface area contributed by atoms with Crippen LogP contribution in [0.4, 0.5) is 60.5 Å². The van der Waals surface area contributed by atoms with E-state index in [2.05, 4.69) is 137 Å². The molecule has 35 heteroatoms. The first-order valence-electron chi connectivity index (χ1n) is 47.1. The summed E-state index contributed by atoms with van der Waals surface area (Å²) in [7, 11) is 3.76. The number of nitriles is 4. The molecule has 140 heavy (non-hydrogen) atoms. The first kappa shape index (κ1) is 96.7. The third kappa shape index (κ3) is 26.1. The van der Waals surface area contributed by atoms with Crippen LogP contribution in [0.1, 0.15) is 108 Å². The van der Waals surface area contributed by atoms with E-state index in [9.17, 15) is 25.8 Å². The fourth-order valence-electron chi connectivity index (χ4n) is 16.9. The van der Waals surface area contributed by atoms with Gasteiger partial charge in [-0.15, -0.1) is 0 Å². The van der Waals surface area contributed by atoms with E-state index in [0.29, 0.717) is 200 Å². The second kappa shape index (κ2) is 47.8. The zero-order chi connectivity index (χ0) is 96.3. The lowest BCUT2D eigenvalue weighted by Crippen LogP contribution is -2.56. The topological polar surface area (TPSA) is 400 Å². The SMILES string of the molecule is CN1CCC(c2ccc(Nc3ccnc(-c4ccc(OC5CCOCC5)c(C#N)c4)n3)cc2)CC1.COc1ccc(Nc2ccnc(-c3ccc(OC4CCOCC4)c(C#N)c3)n2)cn1.N#Cc1cc(-c2nccc(Nc3cc(F)c(N4CCN(C5COC5)CC4)c(F)c3)n2)ccc1OC1CCOCC1.N#Cc1cc(-c2nccc(Nc3ccc(C(=O)NC4COC4)cc3)n2)ccc1OC1CCOCC1. The number of pyridine rings is 1. The lowest BCUT2D eigenvalue weighted by Gasteiger charge is -2.43. The second-order valence-corrected chi connectivity index (χ2v) is 34.6. The summed E-state index contributed by atoms with van der Waals surface area (Å²) in [5.41, 5.74) is 9.40. The van der Waals surface area contributed by atoms with Crippen molar-refractivity contribution in [1.82, 2.24) is 60.0 Å². The lowest BCUT2D eigenvalue weighted by molar-refractivity contribution is -0.0661. The van der Waals surface area contributed by atoms with Crippen molar-refractivity contribution in [2.45, 2.75) is 107 Å². The van der Waals surface area contributed by atoms with Crippen molar-refractivity contribution < 1.29 is 65.7 Å². The van der Waals surface area contributed by atoms with Crippen molar-refractivity contribution in [3.8, 4) is 98.7 Å². The maximum atomic E-state index is 15.1. The highest BCUT2D eigenvalue weighted by Crippen LogP contribution is 2.37. The van der Waals surface area contributed by atoms with Crippen LogP contribution < -0.4 is 55.2 Å². The zero-order valence-electron chi connectivity index (χ0n) is 77.7. The molecule has 8 aliphatic rings. The Hall–Kier alpha value is -15.0. The van der Waals surface area contributed by atoms with Crippen LogP contribution in [0, 0.1) is 57.0 Å². The Morgan fingerprint density at radius 1 is 0.393 bits per heavy atom. The van der Waals surface area contributed by atoms with Crippen molar-refractivity contribution in [2.24, 2.45) is 0 Å². The van der Waals surface area contributed by atoms with Crippen LogP contribution in [0.3, 0.4) is 0 Å². The van der Waals surface area contributed by atoms with Gasteiger partial charge >= 0.3 is 0 Å². The van der Waals surface area contributed by atoms with E-state index in [0.717, 1.165) is 125 Å². The van der Waals surface area contributed by atoms with Gasteiger partial charge in [0, 0.05) is 153 Å². The molecule has 0 saturated carbocycles. The molecule has 0 bridgehead atoms. The molecule has 5 N–H and O–H groups in total. The smallest absolute Gasteiger partial charge is 0.251 e. The summed E-state index contributed by atoms with van der Waals surface area (Å²) >= 11 is 0. The first-order valence-corrected chi connectivity index (χ1v) is 47.1. The van der Waals surface area contributed by atoms with Crippen LogP contribution in [0.2, 0.25) is 0 Å². The molecule has 13 heterocycles. The first-order chi connectivity index (χ1) is 68.7. The highest BCUT2D eigenvalue weighted by atomic mass is 19.1. The number of carbonyl (C=O) groups excluding carboxylic acids is 1. The van der Waals surface area contributed by atoms with E-state index in [-0.39, 0.29) is 47.7 Å². The van der Waals surface area contributed by atoms with Crippen molar-refractivity contribution in [1.29, 1.82) is 21.0 Å². The molecule has 12 aromatic rings. The predicted molar refractivity (Wildman–Crippen MR) is 520 cm³/mol. The largest absolute Gasteiger partial charge is 0.489 e.